The van der Waals surface area contributed by atoms with Crippen LogP contribution in [0.1, 0.15) is 5.56 Å². The minimum atomic E-state index is -3.69. The number of anilines is 1. The summed E-state index contributed by atoms with van der Waals surface area (Å²) in [4.78, 5) is 12.1. The number of benzene rings is 2. The zero-order valence-corrected chi connectivity index (χ0v) is 17.0. The number of nitrogens with one attached hydrogen (secondary N) is 1. The summed E-state index contributed by atoms with van der Waals surface area (Å²) in [5.74, 6) is -0.458. The fourth-order valence-electron chi connectivity index (χ4n) is 2.30. The van der Waals surface area contributed by atoms with E-state index in [4.69, 9.17) is 27.9 Å². The summed E-state index contributed by atoms with van der Waals surface area (Å²) in [6.45, 7) is 0.628. The molecule has 2 aromatic rings. The Morgan fingerprint density at radius 1 is 1.11 bits per heavy atom. The van der Waals surface area contributed by atoms with Crippen molar-refractivity contribution < 1.29 is 17.9 Å². The number of rotatable bonds is 9. The molecule has 0 atom stereocenters. The maximum atomic E-state index is 12.1. The second-order valence-corrected chi connectivity index (χ2v) is 8.57. The number of carbonyl (C=O) groups is 1. The van der Waals surface area contributed by atoms with Gasteiger partial charge in [-0.3, -0.25) is 9.10 Å². The van der Waals surface area contributed by atoms with Gasteiger partial charge in [-0.05, 0) is 23.8 Å². The van der Waals surface area contributed by atoms with Gasteiger partial charge in [0.25, 0.3) is 0 Å². The molecule has 0 aliphatic carbocycles. The van der Waals surface area contributed by atoms with Crippen LogP contribution in [0.4, 0.5) is 5.69 Å². The lowest BCUT2D eigenvalue weighted by Crippen LogP contribution is -2.41. The van der Waals surface area contributed by atoms with Crippen LogP contribution in [0.3, 0.4) is 0 Å². The Morgan fingerprint density at radius 3 is 2.33 bits per heavy atom. The van der Waals surface area contributed by atoms with Gasteiger partial charge in [-0.1, -0.05) is 53.5 Å². The van der Waals surface area contributed by atoms with Crippen molar-refractivity contribution >= 4 is 44.8 Å². The maximum absolute atomic E-state index is 12.1. The summed E-state index contributed by atoms with van der Waals surface area (Å²) in [5, 5.41) is 3.19. The van der Waals surface area contributed by atoms with Crippen LogP contribution < -0.4 is 9.62 Å². The minimum absolute atomic E-state index is 0.227. The third-order valence-corrected chi connectivity index (χ3v) is 5.08. The minimum Gasteiger partial charge on any atom is -0.375 e. The first kappa shape index (κ1) is 21.5. The normalized spacial score (nSPS) is 11.2. The molecule has 0 spiro atoms. The van der Waals surface area contributed by atoms with Gasteiger partial charge in [0.15, 0.2) is 0 Å². The Kier molecular flexibility index (Phi) is 7.91. The molecule has 0 saturated heterocycles. The summed E-state index contributed by atoms with van der Waals surface area (Å²) < 4.78 is 30.5. The molecule has 1 amide bonds. The summed E-state index contributed by atoms with van der Waals surface area (Å²) in [5.41, 5.74) is 1.26. The first-order valence-corrected chi connectivity index (χ1v) is 10.7. The van der Waals surface area contributed by atoms with Crippen molar-refractivity contribution in [2.45, 2.75) is 6.61 Å². The summed E-state index contributed by atoms with van der Waals surface area (Å²) in [6.07, 6.45) is 1.01. The van der Waals surface area contributed by atoms with E-state index in [2.05, 4.69) is 5.32 Å². The average Bonchev–Trinajstić information content (AvgIpc) is 2.58. The fourth-order valence-corrected chi connectivity index (χ4v) is 3.65. The van der Waals surface area contributed by atoms with Crippen LogP contribution in [-0.2, 0) is 26.2 Å². The molecule has 0 fully saturated rings. The Balaban J connectivity index is 1.87. The lowest BCUT2D eigenvalue weighted by Gasteiger charge is -2.22. The molecular weight excluding hydrogens is 411 g/mol. The highest BCUT2D eigenvalue weighted by Gasteiger charge is 2.21. The van der Waals surface area contributed by atoms with Crippen molar-refractivity contribution in [3.63, 3.8) is 0 Å². The summed E-state index contributed by atoms with van der Waals surface area (Å²) in [6, 6.07) is 14.0. The Labute approximate surface area is 169 Å². The molecule has 1 N–H and O–H groups in total. The molecule has 0 heterocycles. The van der Waals surface area contributed by atoms with Gasteiger partial charge in [0.05, 0.1) is 25.2 Å². The summed E-state index contributed by atoms with van der Waals surface area (Å²) in [7, 11) is -3.69. The Morgan fingerprint density at radius 2 is 1.74 bits per heavy atom. The molecule has 0 radical (unpaired) electrons. The van der Waals surface area contributed by atoms with E-state index in [9.17, 15) is 13.2 Å². The third-order valence-electron chi connectivity index (χ3n) is 3.50. The molecule has 0 unspecified atom stereocenters. The maximum Gasteiger partial charge on any atom is 0.240 e. The van der Waals surface area contributed by atoms with E-state index in [-0.39, 0.29) is 28.8 Å². The zero-order valence-electron chi connectivity index (χ0n) is 14.7. The van der Waals surface area contributed by atoms with E-state index in [0.717, 1.165) is 16.1 Å². The lowest BCUT2D eigenvalue weighted by molar-refractivity contribution is -0.119. The van der Waals surface area contributed by atoms with Crippen molar-refractivity contribution in [1.82, 2.24) is 5.32 Å². The van der Waals surface area contributed by atoms with Crippen LogP contribution in [0.5, 0.6) is 0 Å². The van der Waals surface area contributed by atoms with E-state index < -0.39 is 15.9 Å². The Bertz CT molecular complexity index is 856. The van der Waals surface area contributed by atoms with Crippen molar-refractivity contribution in [2.24, 2.45) is 0 Å². The number of ether oxygens (including phenoxy) is 1. The van der Waals surface area contributed by atoms with Crippen LogP contribution in [0.2, 0.25) is 10.0 Å². The van der Waals surface area contributed by atoms with Gasteiger partial charge in [-0.25, -0.2) is 8.42 Å². The molecule has 0 aliphatic heterocycles. The molecule has 0 aliphatic rings. The molecule has 6 nitrogen and oxygen atoms in total. The van der Waals surface area contributed by atoms with Crippen LogP contribution in [0.15, 0.2) is 48.5 Å². The predicted octanol–water partition coefficient (Wildman–Crippen LogP) is 3.09. The van der Waals surface area contributed by atoms with Crippen LogP contribution >= 0.6 is 23.2 Å². The lowest BCUT2D eigenvalue weighted by atomic mass is 10.2. The zero-order chi connectivity index (χ0) is 19.9. The molecular formula is C18H20Cl2N2O4S. The van der Waals surface area contributed by atoms with Gasteiger partial charge in [-0.15, -0.1) is 0 Å². The standard InChI is InChI=1S/C18H20Cl2N2O4S/c1-27(24,25)22(17-10-15(19)9-16(20)11-17)12-18(23)21-7-8-26-13-14-5-3-2-4-6-14/h2-6,9-11H,7-8,12-13H2,1H3,(H,21,23). The van der Waals surface area contributed by atoms with Crippen molar-refractivity contribution in [3.05, 3.63) is 64.1 Å². The number of sulfonamides is 1. The molecule has 0 bridgehead atoms. The van der Waals surface area contributed by atoms with Gasteiger partial charge in [0.2, 0.25) is 15.9 Å². The third kappa shape index (κ3) is 7.38. The highest BCUT2D eigenvalue weighted by Crippen LogP contribution is 2.26. The quantitative estimate of drug-likeness (QED) is 0.620. The molecule has 2 aromatic carbocycles. The number of halogens is 2. The largest absolute Gasteiger partial charge is 0.375 e. The van der Waals surface area contributed by atoms with E-state index in [1.807, 2.05) is 30.3 Å². The number of amides is 1. The Hall–Kier alpha value is -1.80. The van der Waals surface area contributed by atoms with E-state index in [1.54, 1.807) is 0 Å². The van der Waals surface area contributed by atoms with Gasteiger partial charge in [0, 0.05) is 16.6 Å². The second kappa shape index (κ2) is 9.94. The van der Waals surface area contributed by atoms with Crippen LogP contribution in [0.25, 0.3) is 0 Å². The summed E-state index contributed by atoms with van der Waals surface area (Å²) >= 11 is 11.9. The highest BCUT2D eigenvalue weighted by atomic mass is 35.5. The smallest absolute Gasteiger partial charge is 0.240 e. The van der Waals surface area contributed by atoms with Gasteiger partial charge >= 0.3 is 0 Å². The van der Waals surface area contributed by atoms with E-state index >= 15 is 0 Å². The second-order valence-electron chi connectivity index (χ2n) is 5.79. The van der Waals surface area contributed by atoms with Gasteiger partial charge in [0.1, 0.15) is 6.54 Å². The van der Waals surface area contributed by atoms with Crippen LogP contribution in [-0.4, -0.2) is 40.3 Å². The number of carbonyl (C=O) groups excluding carboxylic acids is 1. The van der Waals surface area contributed by atoms with Crippen molar-refractivity contribution in [2.75, 3.05) is 30.3 Å². The molecule has 2 rings (SSSR count). The predicted molar refractivity (Wildman–Crippen MR) is 108 cm³/mol. The number of nitrogens with zero attached hydrogens (tertiary/aromatic N) is 1. The van der Waals surface area contributed by atoms with Crippen molar-refractivity contribution in [3.8, 4) is 0 Å². The highest BCUT2D eigenvalue weighted by molar-refractivity contribution is 7.92. The molecule has 146 valence electrons. The first-order valence-electron chi connectivity index (χ1n) is 8.08. The topological polar surface area (TPSA) is 75.7 Å². The van der Waals surface area contributed by atoms with Gasteiger partial charge < -0.3 is 10.1 Å². The van der Waals surface area contributed by atoms with E-state index in [1.165, 1.54) is 18.2 Å². The molecule has 27 heavy (non-hydrogen) atoms. The first-order chi connectivity index (χ1) is 12.8. The molecule has 0 aromatic heterocycles. The number of hydrogen-bond donors (Lipinski definition) is 1. The van der Waals surface area contributed by atoms with Gasteiger partial charge in [-0.2, -0.15) is 0 Å². The number of hydrogen-bond acceptors (Lipinski definition) is 4. The van der Waals surface area contributed by atoms with Crippen LogP contribution in [0, 0.1) is 0 Å². The fraction of sp³-hybridized carbons (Fsp3) is 0.278. The molecule has 0 saturated carbocycles. The van der Waals surface area contributed by atoms with E-state index in [0.29, 0.717) is 13.2 Å². The van der Waals surface area contributed by atoms with Crippen molar-refractivity contribution in [1.29, 1.82) is 0 Å². The molecule has 9 heteroatoms. The monoisotopic (exact) mass is 430 g/mol. The average molecular weight is 431 g/mol. The SMILES string of the molecule is CS(=O)(=O)N(CC(=O)NCCOCc1ccccc1)c1cc(Cl)cc(Cl)c1.